The van der Waals surface area contributed by atoms with Crippen LogP contribution in [0.5, 0.6) is 0 Å². The molecule has 1 fully saturated rings. The number of hydrogen-bond donors (Lipinski definition) is 0. The average molecular weight is 447 g/mol. The fourth-order valence-electron chi connectivity index (χ4n) is 2.89. The van der Waals surface area contributed by atoms with Gasteiger partial charge in [0.1, 0.15) is 4.47 Å². The van der Waals surface area contributed by atoms with E-state index >= 15 is 0 Å². The lowest BCUT2D eigenvalue weighted by molar-refractivity contribution is 0.384. The van der Waals surface area contributed by atoms with Crippen molar-refractivity contribution < 1.29 is 8.42 Å². The molecule has 25 heavy (non-hydrogen) atoms. The van der Waals surface area contributed by atoms with Crippen LogP contribution in [-0.2, 0) is 17.1 Å². The highest BCUT2D eigenvalue weighted by atomic mass is 79.9. The highest BCUT2D eigenvalue weighted by molar-refractivity contribution is 9.10. The second kappa shape index (κ2) is 6.82. The molecule has 0 radical (unpaired) electrons. The van der Waals surface area contributed by atoms with Gasteiger partial charge in [0.15, 0.2) is 0 Å². The third-order valence-corrected chi connectivity index (χ3v) is 8.12. The number of halogens is 1. The van der Waals surface area contributed by atoms with Crippen LogP contribution in [-0.4, -0.2) is 48.7 Å². The molecular weight excluding hydrogens is 428 g/mol. The molecule has 0 bridgehead atoms. The molecule has 3 rings (SSSR count). The van der Waals surface area contributed by atoms with E-state index in [2.05, 4.69) is 21.0 Å². The minimum Gasteiger partial charge on any atom is -0.367 e. The monoisotopic (exact) mass is 446 g/mol. The topological polar surface area (TPSA) is 75.5 Å². The molecule has 0 amide bonds. The Morgan fingerprint density at radius 2 is 1.84 bits per heavy atom. The number of anilines is 1. The van der Waals surface area contributed by atoms with Gasteiger partial charge in [-0.3, -0.25) is 4.79 Å². The number of hydrogen-bond acceptors (Lipinski definition) is 6. The number of aromatic nitrogens is 2. The van der Waals surface area contributed by atoms with E-state index in [4.69, 9.17) is 0 Å². The van der Waals surface area contributed by atoms with Crippen LogP contribution >= 0.6 is 27.3 Å². The molecule has 2 aromatic heterocycles. The van der Waals surface area contributed by atoms with Crippen molar-refractivity contribution in [3.8, 4) is 0 Å². The molecule has 1 aliphatic heterocycles. The van der Waals surface area contributed by atoms with E-state index in [0.29, 0.717) is 41.2 Å². The molecule has 2 aromatic rings. The van der Waals surface area contributed by atoms with Crippen molar-refractivity contribution in [3.05, 3.63) is 36.8 Å². The Morgan fingerprint density at radius 1 is 1.20 bits per heavy atom. The molecular formula is C15H19BrN4O3S2. The number of aryl methyl sites for hydroxylation is 3. The fourth-order valence-corrected chi connectivity index (χ4v) is 6.45. The van der Waals surface area contributed by atoms with Gasteiger partial charge in [0.2, 0.25) is 10.0 Å². The highest BCUT2D eigenvalue weighted by Crippen LogP contribution is 2.29. The molecule has 1 saturated heterocycles. The van der Waals surface area contributed by atoms with Crippen LogP contribution in [0.3, 0.4) is 0 Å². The lowest BCUT2D eigenvalue weighted by atomic mass is 10.3. The summed E-state index contributed by atoms with van der Waals surface area (Å²) in [7, 11) is -1.89. The summed E-state index contributed by atoms with van der Waals surface area (Å²) in [4.78, 5) is 16.2. The van der Waals surface area contributed by atoms with Gasteiger partial charge in [0.25, 0.3) is 5.56 Å². The Labute approximate surface area is 159 Å². The van der Waals surface area contributed by atoms with Gasteiger partial charge >= 0.3 is 0 Å². The summed E-state index contributed by atoms with van der Waals surface area (Å²) in [6.07, 6.45) is 1.63. The van der Waals surface area contributed by atoms with E-state index in [1.54, 1.807) is 19.3 Å². The quantitative estimate of drug-likeness (QED) is 0.717. The summed E-state index contributed by atoms with van der Waals surface area (Å²) in [5.41, 5.74) is 0.486. The van der Waals surface area contributed by atoms with Crippen LogP contribution in [0.4, 0.5) is 5.69 Å². The number of rotatable bonds is 3. The molecule has 136 valence electrons. The van der Waals surface area contributed by atoms with Crippen molar-refractivity contribution in [2.45, 2.75) is 18.7 Å². The number of piperazine rings is 1. The van der Waals surface area contributed by atoms with Crippen LogP contribution in [0.2, 0.25) is 0 Å². The summed E-state index contributed by atoms with van der Waals surface area (Å²) in [6, 6.07) is 1.74. The third-order valence-electron chi connectivity index (χ3n) is 4.25. The predicted molar refractivity (Wildman–Crippen MR) is 102 cm³/mol. The Bertz CT molecular complexity index is 960. The van der Waals surface area contributed by atoms with Crippen molar-refractivity contribution in [2.24, 2.45) is 7.05 Å². The first-order chi connectivity index (χ1) is 11.7. The van der Waals surface area contributed by atoms with E-state index in [-0.39, 0.29) is 5.56 Å². The Balaban J connectivity index is 1.79. The molecule has 3 heterocycles. The first-order valence-electron chi connectivity index (χ1n) is 7.75. The molecule has 7 nitrogen and oxygen atoms in total. The van der Waals surface area contributed by atoms with Gasteiger partial charge < -0.3 is 4.90 Å². The first kappa shape index (κ1) is 18.6. The molecule has 1 aliphatic rings. The largest absolute Gasteiger partial charge is 0.367 e. The Kier molecular flexibility index (Phi) is 5.06. The molecule has 0 saturated carbocycles. The molecule has 0 spiro atoms. The maximum atomic E-state index is 12.9. The first-order valence-corrected chi connectivity index (χ1v) is 10.8. The minimum atomic E-state index is -3.48. The van der Waals surface area contributed by atoms with Crippen LogP contribution in [0.15, 0.2) is 26.4 Å². The van der Waals surface area contributed by atoms with E-state index in [0.717, 1.165) is 9.75 Å². The molecule has 0 atom stereocenters. The van der Waals surface area contributed by atoms with Gasteiger partial charge in [-0.15, -0.1) is 11.3 Å². The summed E-state index contributed by atoms with van der Waals surface area (Å²) < 4.78 is 29.0. The maximum Gasteiger partial charge on any atom is 0.282 e. The van der Waals surface area contributed by atoms with Crippen LogP contribution < -0.4 is 10.5 Å². The van der Waals surface area contributed by atoms with E-state index in [1.165, 1.54) is 20.3 Å². The second-order valence-corrected chi connectivity index (χ2v) is 10.1. The fraction of sp³-hybridized carbons (Fsp3) is 0.467. The van der Waals surface area contributed by atoms with E-state index < -0.39 is 10.0 Å². The zero-order valence-electron chi connectivity index (χ0n) is 14.2. The summed E-state index contributed by atoms with van der Waals surface area (Å²) in [5.74, 6) is 0. The highest BCUT2D eigenvalue weighted by Gasteiger charge is 2.31. The molecule has 0 aliphatic carbocycles. The zero-order chi connectivity index (χ0) is 18.4. The average Bonchev–Trinajstić information content (AvgIpc) is 2.92. The number of thiophene rings is 1. The van der Waals surface area contributed by atoms with Crippen molar-refractivity contribution in [1.29, 1.82) is 0 Å². The third kappa shape index (κ3) is 3.40. The maximum absolute atomic E-state index is 12.9. The standard InChI is InChI=1S/C15H19BrN4O3S2/c1-10-8-13(11(2)24-10)25(22,23)20-6-4-19(5-7-20)12-9-17-18(3)15(21)14(12)16/h8-9H,4-7H2,1-3H3. The lowest BCUT2D eigenvalue weighted by Gasteiger charge is -2.35. The summed E-state index contributed by atoms with van der Waals surface area (Å²) in [6.45, 7) is 5.51. The van der Waals surface area contributed by atoms with Gasteiger partial charge in [-0.25, -0.2) is 13.1 Å². The number of nitrogens with zero attached hydrogens (tertiary/aromatic N) is 4. The summed E-state index contributed by atoms with van der Waals surface area (Å²) >= 11 is 4.82. The zero-order valence-corrected chi connectivity index (χ0v) is 17.4. The smallest absolute Gasteiger partial charge is 0.282 e. The molecule has 10 heteroatoms. The van der Waals surface area contributed by atoms with Crippen molar-refractivity contribution in [3.63, 3.8) is 0 Å². The Morgan fingerprint density at radius 3 is 2.40 bits per heavy atom. The van der Waals surface area contributed by atoms with Crippen molar-refractivity contribution in [2.75, 3.05) is 31.1 Å². The van der Waals surface area contributed by atoms with E-state index in [9.17, 15) is 13.2 Å². The second-order valence-electron chi connectivity index (χ2n) is 5.94. The van der Waals surface area contributed by atoms with E-state index in [1.807, 2.05) is 18.7 Å². The number of sulfonamides is 1. The SMILES string of the molecule is Cc1cc(S(=O)(=O)N2CCN(c3cnn(C)c(=O)c3Br)CC2)c(C)s1. The van der Waals surface area contributed by atoms with Gasteiger partial charge in [-0.1, -0.05) is 0 Å². The van der Waals surface area contributed by atoms with Crippen molar-refractivity contribution in [1.82, 2.24) is 14.1 Å². The molecule has 0 aromatic carbocycles. The van der Waals surface area contributed by atoms with Crippen LogP contribution in [0, 0.1) is 13.8 Å². The Hall–Kier alpha value is -1.23. The van der Waals surface area contributed by atoms with Gasteiger partial charge in [-0.05, 0) is 35.8 Å². The minimum absolute atomic E-state index is 0.211. The predicted octanol–water partition coefficient (Wildman–Crippen LogP) is 1.73. The van der Waals surface area contributed by atoms with Crippen LogP contribution in [0.1, 0.15) is 9.75 Å². The molecule has 0 N–H and O–H groups in total. The summed E-state index contributed by atoms with van der Waals surface area (Å²) in [5, 5.41) is 4.05. The van der Waals surface area contributed by atoms with Gasteiger partial charge in [0.05, 0.1) is 16.8 Å². The van der Waals surface area contributed by atoms with Gasteiger partial charge in [0, 0.05) is 43.0 Å². The van der Waals surface area contributed by atoms with Gasteiger partial charge in [-0.2, -0.15) is 9.40 Å². The normalized spacial score (nSPS) is 16.4. The van der Waals surface area contributed by atoms with Crippen LogP contribution in [0.25, 0.3) is 0 Å². The van der Waals surface area contributed by atoms with Crippen molar-refractivity contribution >= 4 is 43.0 Å². The molecule has 0 unspecified atom stereocenters. The lowest BCUT2D eigenvalue weighted by Crippen LogP contribution is -2.49.